The average Bonchev–Trinajstić information content (AvgIpc) is 2.50. The Hall–Kier alpha value is -1.53. The summed E-state index contributed by atoms with van der Waals surface area (Å²) >= 11 is 1.31. The van der Waals surface area contributed by atoms with Crippen molar-refractivity contribution in [3.63, 3.8) is 0 Å². The predicted molar refractivity (Wildman–Crippen MR) is 100 cm³/mol. The Bertz CT molecular complexity index is 521. The van der Waals surface area contributed by atoms with Gasteiger partial charge in [0.2, 0.25) is 11.8 Å². The molecule has 134 valence electrons. The molecule has 2 amide bonds. The Kier molecular flexibility index (Phi) is 10.2. The summed E-state index contributed by atoms with van der Waals surface area (Å²) in [5.74, 6) is 0.932. The van der Waals surface area contributed by atoms with E-state index in [1.807, 2.05) is 31.2 Å². The van der Waals surface area contributed by atoms with Crippen LogP contribution in [0.2, 0.25) is 0 Å². The highest BCUT2D eigenvalue weighted by Gasteiger charge is 2.06. The van der Waals surface area contributed by atoms with E-state index >= 15 is 0 Å². The Morgan fingerprint density at radius 1 is 1.21 bits per heavy atom. The van der Waals surface area contributed by atoms with E-state index in [-0.39, 0.29) is 23.3 Å². The summed E-state index contributed by atoms with van der Waals surface area (Å²) in [6, 6.07) is 7.64. The van der Waals surface area contributed by atoms with Gasteiger partial charge in [0, 0.05) is 25.4 Å². The van der Waals surface area contributed by atoms with Crippen molar-refractivity contribution >= 4 is 29.3 Å². The molecule has 24 heavy (non-hydrogen) atoms. The predicted octanol–water partition coefficient (Wildman–Crippen LogP) is 2.85. The molecule has 1 aromatic rings. The molecular weight excluding hydrogens is 324 g/mol. The number of anilines is 1. The highest BCUT2D eigenvalue weighted by atomic mass is 32.2. The van der Waals surface area contributed by atoms with Crippen LogP contribution >= 0.6 is 11.8 Å². The lowest BCUT2D eigenvalue weighted by Gasteiger charge is -2.08. The van der Waals surface area contributed by atoms with Gasteiger partial charge in [-0.1, -0.05) is 26.0 Å². The molecule has 2 N–H and O–H groups in total. The summed E-state index contributed by atoms with van der Waals surface area (Å²) in [4.78, 5) is 23.5. The van der Waals surface area contributed by atoms with Crippen LogP contribution in [0.15, 0.2) is 24.3 Å². The van der Waals surface area contributed by atoms with Gasteiger partial charge in [-0.2, -0.15) is 0 Å². The fourth-order valence-electron chi connectivity index (χ4n) is 1.93. The number of aryl methyl sites for hydroxylation is 1. The Morgan fingerprint density at radius 2 is 1.96 bits per heavy atom. The van der Waals surface area contributed by atoms with Gasteiger partial charge < -0.3 is 15.4 Å². The number of benzene rings is 1. The minimum atomic E-state index is -0.0968. The molecule has 0 saturated carbocycles. The normalized spacial score (nSPS) is 10.7. The molecule has 0 aliphatic heterocycles. The van der Waals surface area contributed by atoms with Crippen LogP contribution in [0.4, 0.5) is 5.69 Å². The summed E-state index contributed by atoms with van der Waals surface area (Å²) in [6.45, 7) is 8.20. The van der Waals surface area contributed by atoms with Gasteiger partial charge in [-0.05, 0) is 37.0 Å². The summed E-state index contributed by atoms with van der Waals surface area (Å²) in [7, 11) is 0. The fourth-order valence-corrected chi connectivity index (χ4v) is 2.58. The maximum Gasteiger partial charge on any atom is 0.234 e. The first-order valence-corrected chi connectivity index (χ1v) is 9.41. The van der Waals surface area contributed by atoms with Gasteiger partial charge in [0.1, 0.15) is 0 Å². The molecule has 1 aromatic carbocycles. The van der Waals surface area contributed by atoms with Gasteiger partial charge in [0.15, 0.2) is 0 Å². The summed E-state index contributed by atoms with van der Waals surface area (Å²) < 4.78 is 5.45. The second-order valence-corrected chi connectivity index (χ2v) is 7.07. The van der Waals surface area contributed by atoms with E-state index in [4.69, 9.17) is 4.74 Å². The summed E-state index contributed by atoms with van der Waals surface area (Å²) in [5.41, 5.74) is 1.88. The largest absolute Gasteiger partial charge is 0.381 e. The summed E-state index contributed by atoms with van der Waals surface area (Å²) in [6.07, 6.45) is 0.803. The zero-order valence-electron chi connectivity index (χ0n) is 14.8. The van der Waals surface area contributed by atoms with Crippen LogP contribution in [0, 0.1) is 12.8 Å². The number of rotatable bonds is 11. The lowest BCUT2D eigenvalue weighted by Crippen LogP contribution is -2.27. The van der Waals surface area contributed by atoms with E-state index in [9.17, 15) is 9.59 Å². The van der Waals surface area contributed by atoms with Gasteiger partial charge in [-0.25, -0.2) is 0 Å². The van der Waals surface area contributed by atoms with Gasteiger partial charge in [0.25, 0.3) is 0 Å². The molecule has 0 unspecified atom stereocenters. The molecule has 1 rings (SSSR count). The first kappa shape index (κ1) is 20.5. The maximum atomic E-state index is 11.8. The second-order valence-electron chi connectivity index (χ2n) is 6.08. The van der Waals surface area contributed by atoms with Crippen molar-refractivity contribution in [1.82, 2.24) is 5.32 Å². The van der Waals surface area contributed by atoms with Crippen molar-refractivity contribution in [2.24, 2.45) is 5.92 Å². The molecule has 0 aromatic heterocycles. The lowest BCUT2D eigenvalue weighted by molar-refractivity contribution is -0.118. The van der Waals surface area contributed by atoms with Crippen LogP contribution < -0.4 is 10.6 Å². The van der Waals surface area contributed by atoms with Crippen LogP contribution in [0.3, 0.4) is 0 Å². The molecular formula is C18H28N2O3S. The molecule has 6 heteroatoms. The molecule has 5 nitrogen and oxygen atoms in total. The number of ether oxygens (including phenoxy) is 1. The Labute approximate surface area is 148 Å². The van der Waals surface area contributed by atoms with E-state index in [2.05, 4.69) is 24.5 Å². The molecule has 0 bridgehead atoms. The Morgan fingerprint density at radius 3 is 2.67 bits per heavy atom. The molecule has 0 aliphatic rings. The van der Waals surface area contributed by atoms with E-state index in [1.165, 1.54) is 11.8 Å². The Balaban J connectivity index is 2.05. The fraction of sp³-hybridized carbons (Fsp3) is 0.556. The van der Waals surface area contributed by atoms with E-state index in [0.29, 0.717) is 19.1 Å². The number of carbonyl (C=O) groups excluding carboxylic acids is 2. The van der Waals surface area contributed by atoms with Crippen molar-refractivity contribution in [1.29, 1.82) is 0 Å². The van der Waals surface area contributed by atoms with Gasteiger partial charge in [-0.3, -0.25) is 9.59 Å². The number of hydrogen-bond acceptors (Lipinski definition) is 4. The van der Waals surface area contributed by atoms with Crippen molar-refractivity contribution in [3.05, 3.63) is 29.8 Å². The third-order valence-electron chi connectivity index (χ3n) is 3.01. The minimum Gasteiger partial charge on any atom is -0.381 e. The number of amides is 2. The van der Waals surface area contributed by atoms with Crippen LogP contribution in [-0.2, 0) is 14.3 Å². The average molecular weight is 353 g/mol. The highest BCUT2D eigenvalue weighted by molar-refractivity contribution is 8.00. The van der Waals surface area contributed by atoms with Crippen LogP contribution in [0.1, 0.15) is 25.8 Å². The van der Waals surface area contributed by atoms with Crippen molar-refractivity contribution in [2.45, 2.75) is 27.2 Å². The number of nitrogens with one attached hydrogen (secondary N) is 2. The van der Waals surface area contributed by atoms with Crippen molar-refractivity contribution in [3.8, 4) is 0 Å². The van der Waals surface area contributed by atoms with Crippen LogP contribution in [0.25, 0.3) is 0 Å². The first-order chi connectivity index (χ1) is 11.5. The summed E-state index contributed by atoms with van der Waals surface area (Å²) in [5, 5.41) is 5.65. The lowest BCUT2D eigenvalue weighted by atomic mass is 10.2. The molecule has 0 spiro atoms. The monoisotopic (exact) mass is 352 g/mol. The minimum absolute atomic E-state index is 0.0489. The van der Waals surface area contributed by atoms with E-state index < -0.39 is 0 Å². The third-order valence-corrected chi connectivity index (χ3v) is 3.94. The number of thioether (sulfide) groups is 1. The SMILES string of the molecule is Cc1cccc(NC(=O)CSCC(=O)NCCCOCC(C)C)c1. The molecule has 0 aliphatic carbocycles. The van der Waals surface area contributed by atoms with Gasteiger partial charge in [-0.15, -0.1) is 11.8 Å². The van der Waals surface area contributed by atoms with E-state index in [0.717, 1.165) is 24.3 Å². The van der Waals surface area contributed by atoms with Gasteiger partial charge in [0.05, 0.1) is 11.5 Å². The first-order valence-electron chi connectivity index (χ1n) is 8.26. The van der Waals surface area contributed by atoms with Crippen LogP contribution in [-0.4, -0.2) is 43.1 Å². The zero-order valence-corrected chi connectivity index (χ0v) is 15.6. The number of carbonyl (C=O) groups is 2. The van der Waals surface area contributed by atoms with Crippen molar-refractivity contribution < 1.29 is 14.3 Å². The maximum absolute atomic E-state index is 11.8. The van der Waals surface area contributed by atoms with Crippen LogP contribution in [0.5, 0.6) is 0 Å². The molecule has 0 heterocycles. The van der Waals surface area contributed by atoms with Gasteiger partial charge >= 0.3 is 0 Å². The second kappa shape index (κ2) is 11.9. The smallest absolute Gasteiger partial charge is 0.234 e. The van der Waals surface area contributed by atoms with E-state index in [1.54, 1.807) is 0 Å². The van der Waals surface area contributed by atoms with Crippen molar-refractivity contribution in [2.75, 3.05) is 36.6 Å². The quantitative estimate of drug-likeness (QED) is 0.601. The molecule has 0 radical (unpaired) electrons. The topological polar surface area (TPSA) is 67.4 Å². The standard InChI is InChI=1S/C18H28N2O3S/c1-14(2)11-23-9-5-8-19-17(21)12-24-13-18(22)20-16-7-4-6-15(3)10-16/h4,6-7,10,14H,5,8-9,11-13H2,1-3H3,(H,19,21)(H,20,22). The molecule has 0 atom stereocenters. The number of hydrogen-bond donors (Lipinski definition) is 2. The highest BCUT2D eigenvalue weighted by Crippen LogP contribution is 2.10. The third kappa shape index (κ3) is 10.3. The zero-order chi connectivity index (χ0) is 17.8. The molecule has 0 saturated heterocycles. The molecule has 0 fully saturated rings.